The molecule has 96 valence electrons. The maximum Gasteiger partial charge on any atom is 0.209 e. The summed E-state index contributed by atoms with van der Waals surface area (Å²) in [6.07, 6.45) is 4.84. The third-order valence-corrected chi connectivity index (χ3v) is 4.04. The van der Waals surface area contributed by atoms with Gasteiger partial charge in [0.1, 0.15) is 0 Å². The Morgan fingerprint density at radius 2 is 2.18 bits per heavy atom. The summed E-state index contributed by atoms with van der Waals surface area (Å²) in [6.45, 7) is 5.47. The van der Waals surface area contributed by atoms with E-state index >= 15 is 0 Å². The third kappa shape index (κ3) is 3.67. The molecule has 1 saturated carbocycles. The van der Waals surface area contributed by atoms with Crippen LogP contribution in [0, 0.1) is 0 Å². The highest BCUT2D eigenvalue weighted by molar-refractivity contribution is 7.99. The van der Waals surface area contributed by atoms with Crippen LogP contribution in [0.15, 0.2) is 5.16 Å². The molecule has 1 aliphatic carbocycles. The fraction of sp³-hybridized carbons (Fsp3) is 0.909. The molecule has 0 bridgehead atoms. The van der Waals surface area contributed by atoms with E-state index in [2.05, 4.69) is 34.7 Å². The average molecular weight is 255 g/mol. The minimum absolute atomic E-state index is 0.569. The summed E-state index contributed by atoms with van der Waals surface area (Å²) >= 11 is 1.75. The van der Waals surface area contributed by atoms with Crippen LogP contribution < -0.4 is 5.32 Å². The Hall–Kier alpha value is -0.620. The van der Waals surface area contributed by atoms with Crippen molar-refractivity contribution in [1.82, 2.24) is 25.5 Å². The van der Waals surface area contributed by atoms with E-state index < -0.39 is 0 Å². The van der Waals surface area contributed by atoms with Crippen LogP contribution in [-0.2, 0) is 0 Å². The molecular weight excluding hydrogens is 234 g/mol. The first kappa shape index (κ1) is 12.8. The van der Waals surface area contributed by atoms with Crippen LogP contribution in [0.5, 0.6) is 0 Å². The molecule has 0 unspecified atom stereocenters. The van der Waals surface area contributed by atoms with Crippen LogP contribution in [-0.4, -0.2) is 38.5 Å². The number of nitrogens with one attached hydrogen (secondary N) is 1. The number of thioether (sulfide) groups is 1. The van der Waals surface area contributed by atoms with Gasteiger partial charge in [0.05, 0.1) is 6.04 Å². The van der Waals surface area contributed by atoms with Gasteiger partial charge in [-0.25, -0.2) is 4.68 Å². The predicted molar refractivity (Wildman–Crippen MR) is 69.2 cm³/mol. The van der Waals surface area contributed by atoms with Crippen LogP contribution >= 0.6 is 11.8 Å². The minimum atomic E-state index is 0.569. The van der Waals surface area contributed by atoms with E-state index in [1.807, 2.05) is 4.68 Å². The number of hydrogen-bond acceptors (Lipinski definition) is 5. The highest BCUT2D eigenvalue weighted by Crippen LogP contribution is 2.36. The fourth-order valence-corrected chi connectivity index (χ4v) is 2.63. The van der Waals surface area contributed by atoms with E-state index in [4.69, 9.17) is 0 Å². The average Bonchev–Trinajstić information content (AvgIpc) is 3.09. The van der Waals surface area contributed by atoms with E-state index in [0.29, 0.717) is 12.1 Å². The largest absolute Gasteiger partial charge is 0.313 e. The van der Waals surface area contributed by atoms with Crippen LogP contribution in [0.25, 0.3) is 0 Å². The van der Waals surface area contributed by atoms with Gasteiger partial charge in [-0.3, -0.25) is 0 Å². The molecule has 0 radical (unpaired) electrons. The Morgan fingerprint density at radius 1 is 1.41 bits per heavy atom. The Morgan fingerprint density at radius 3 is 2.82 bits per heavy atom. The van der Waals surface area contributed by atoms with E-state index in [1.165, 1.54) is 25.7 Å². The molecule has 0 atom stereocenters. The van der Waals surface area contributed by atoms with Gasteiger partial charge in [0.15, 0.2) is 0 Å². The maximum atomic E-state index is 4.07. The molecule has 0 aromatic carbocycles. The van der Waals surface area contributed by atoms with Crippen molar-refractivity contribution in [3.63, 3.8) is 0 Å². The highest BCUT2D eigenvalue weighted by atomic mass is 32.2. The van der Waals surface area contributed by atoms with E-state index in [-0.39, 0.29) is 0 Å². The van der Waals surface area contributed by atoms with Crippen LogP contribution in [0.3, 0.4) is 0 Å². The predicted octanol–water partition coefficient (Wildman–Crippen LogP) is 1.88. The number of aromatic nitrogens is 4. The molecule has 1 N–H and O–H groups in total. The minimum Gasteiger partial charge on any atom is -0.313 e. The van der Waals surface area contributed by atoms with Gasteiger partial charge in [0.25, 0.3) is 0 Å². The van der Waals surface area contributed by atoms with Gasteiger partial charge < -0.3 is 5.32 Å². The Bertz CT molecular complexity index is 332. The zero-order valence-corrected chi connectivity index (χ0v) is 11.4. The molecule has 1 aliphatic rings. The first-order valence-electron chi connectivity index (χ1n) is 6.49. The second kappa shape index (κ2) is 6.35. The molecule has 0 amide bonds. The first-order valence-corrected chi connectivity index (χ1v) is 7.47. The van der Waals surface area contributed by atoms with Gasteiger partial charge in [-0.15, -0.1) is 5.10 Å². The molecule has 1 heterocycles. The summed E-state index contributed by atoms with van der Waals surface area (Å²) in [7, 11) is 0. The first-order chi connectivity index (χ1) is 8.35. The molecule has 2 rings (SSSR count). The molecule has 5 nitrogen and oxygen atoms in total. The van der Waals surface area contributed by atoms with Crippen molar-refractivity contribution in [2.75, 3.05) is 12.3 Å². The van der Waals surface area contributed by atoms with Gasteiger partial charge in [0, 0.05) is 18.3 Å². The smallest absolute Gasteiger partial charge is 0.209 e. The Labute approximate surface area is 107 Å². The number of rotatable bonds is 8. The van der Waals surface area contributed by atoms with Gasteiger partial charge >= 0.3 is 0 Å². The summed E-state index contributed by atoms with van der Waals surface area (Å²) in [5, 5.41) is 16.4. The Balaban J connectivity index is 1.69. The molecule has 0 saturated heterocycles. The molecule has 1 aromatic heterocycles. The van der Waals surface area contributed by atoms with Crippen molar-refractivity contribution in [3.05, 3.63) is 0 Å². The summed E-state index contributed by atoms with van der Waals surface area (Å²) in [6, 6.07) is 1.22. The molecular formula is C11H21N5S. The second-order valence-corrected chi connectivity index (χ2v) is 5.52. The van der Waals surface area contributed by atoms with Gasteiger partial charge in [-0.2, -0.15) is 0 Å². The fourth-order valence-electron chi connectivity index (χ4n) is 1.81. The van der Waals surface area contributed by atoms with Crippen LogP contribution in [0.4, 0.5) is 0 Å². The summed E-state index contributed by atoms with van der Waals surface area (Å²) in [5.74, 6) is 1.03. The van der Waals surface area contributed by atoms with Crippen molar-refractivity contribution < 1.29 is 0 Å². The van der Waals surface area contributed by atoms with Crippen molar-refractivity contribution in [2.45, 2.75) is 56.8 Å². The van der Waals surface area contributed by atoms with Crippen molar-refractivity contribution >= 4 is 11.8 Å². The van der Waals surface area contributed by atoms with E-state index in [1.54, 1.807) is 11.8 Å². The van der Waals surface area contributed by atoms with E-state index in [0.717, 1.165) is 17.5 Å². The van der Waals surface area contributed by atoms with Crippen molar-refractivity contribution in [2.24, 2.45) is 0 Å². The van der Waals surface area contributed by atoms with Gasteiger partial charge in [-0.05, 0) is 36.1 Å². The summed E-state index contributed by atoms with van der Waals surface area (Å²) < 4.78 is 1.97. The molecule has 1 fully saturated rings. The van der Waals surface area contributed by atoms with Gasteiger partial charge in [-0.1, -0.05) is 25.6 Å². The van der Waals surface area contributed by atoms with Crippen LogP contribution in [0.1, 0.15) is 45.6 Å². The lowest BCUT2D eigenvalue weighted by atomic mass is 10.2. The molecule has 17 heavy (non-hydrogen) atoms. The van der Waals surface area contributed by atoms with Crippen LogP contribution in [0.2, 0.25) is 0 Å². The molecule has 0 aliphatic heterocycles. The van der Waals surface area contributed by atoms with Crippen molar-refractivity contribution in [3.8, 4) is 0 Å². The van der Waals surface area contributed by atoms with Crippen molar-refractivity contribution in [1.29, 1.82) is 0 Å². The number of hydrogen-bond donors (Lipinski definition) is 1. The monoisotopic (exact) mass is 255 g/mol. The summed E-state index contributed by atoms with van der Waals surface area (Å²) in [4.78, 5) is 0. The number of tetrazole rings is 1. The zero-order valence-electron chi connectivity index (χ0n) is 10.6. The quantitative estimate of drug-likeness (QED) is 0.568. The standard InChI is InChI=1S/C11H21N5S/c1-3-9(4-2)12-7-8-17-11-13-14-15-16(11)10-5-6-10/h9-10,12H,3-8H2,1-2H3. The topological polar surface area (TPSA) is 55.6 Å². The highest BCUT2D eigenvalue weighted by Gasteiger charge is 2.27. The SMILES string of the molecule is CCC(CC)NCCSc1nnnn1C1CC1. The maximum absolute atomic E-state index is 4.07. The molecule has 1 aromatic rings. The van der Waals surface area contributed by atoms with E-state index in [9.17, 15) is 0 Å². The number of nitrogens with zero attached hydrogens (tertiary/aromatic N) is 4. The van der Waals surface area contributed by atoms with Gasteiger partial charge in [0.2, 0.25) is 5.16 Å². The second-order valence-electron chi connectivity index (χ2n) is 4.45. The lowest BCUT2D eigenvalue weighted by molar-refractivity contribution is 0.501. The lowest BCUT2D eigenvalue weighted by Crippen LogP contribution is -2.29. The molecule has 0 spiro atoms. The Kier molecular flexibility index (Phi) is 4.79. The summed E-state index contributed by atoms with van der Waals surface area (Å²) in [5.41, 5.74) is 0. The molecule has 6 heteroatoms. The zero-order chi connectivity index (χ0) is 12.1. The third-order valence-electron chi connectivity index (χ3n) is 3.11. The normalized spacial score (nSPS) is 15.7. The lowest BCUT2D eigenvalue weighted by Gasteiger charge is -2.13.